The molecule has 1 atom stereocenters. The molecule has 0 saturated heterocycles. The van der Waals surface area contributed by atoms with Gasteiger partial charge < -0.3 is 5.11 Å². The Labute approximate surface area is 101 Å². The Bertz CT molecular complexity index is 477. The summed E-state index contributed by atoms with van der Waals surface area (Å²) in [6, 6.07) is 8.12. The molecule has 0 aliphatic heterocycles. The van der Waals surface area contributed by atoms with Gasteiger partial charge in [0.05, 0.1) is 12.3 Å². The maximum absolute atomic E-state index is 10.1. The lowest BCUT2D eigenvalue weighted by Crippen LogP contribution is -2.03. The van der Waals surface area contributed by atoms with E-state index in [0.717, 1.165) is 11.1 Å². The summed E-state index contributed by atoms with van der Waals surface area (Å²) in [6.45, 7) is 4.13. The maximum Gasteiger partial charge on any atom is 0.0846 e. The fraction of sp³-hybridized carbons (Fsp3) is 0.286. The Morgan fingerprint density at radius 2 is 1.82 bits per heavy atom. The predicted octanol–water partition coefficient (Wildman–Crippen LogP) is 2.37. The third-order valence-corrected chi connectivity index (χ3v) is 2.70. The highest BCUT2D eigenvalue weighted by atomic mass is 16.3. The number of nitrogens with zero attached hydrogens (tertiary/aromatic N) is 2. The Hall–Kier alpha value is -1.74. The minimum atomic E-state index is -0.522. The molecule has 0 radical (unpaired) electrons. The average Bonchev–Trinajstić information content (AvgIpc) is 2.28. The Morgan fingerprint density at radius 1 is 1.12 bits per heavy atom. The van der Waals surface area contributed by atoms with Crippen LogP contribution in [0.25, 0.3) is 0 Å². The van der Waals surface area contributed by atoms with E-state index in [2.05, 4.69) is 42.2 Å². The zero-order valence-corrected chi connectivity index (χ0v) is 10.1. The molecule has 1 unspecified atom stereocenters. The van der Waals surface area contributed by atoms with Crippen LogP contribution in [-0.2, 0) is 6.42 Å². The molecule has 1 aromatic heterocycles. The molecule has 3 nitrogen and oxygen atoms in total. The van der Waals surface area contributed by atoms with Gasteiger partial charge in [0.25, 0.3) is 0 Å². The van der Waals surface area contributed by atoms with Gasteiger partial charge in [-0.15, -0.1) is 0 Å². The zero-order valence-electron chi connectivity index (χ0n) is 10.1. The Kier molecular flexibility index (Phi) is 3.49. The molecule has 0 fully saturated rings. The summed E-state index contributed by atoms with van der Waals surface area (Å²) in [7, 11) is 0. The third-order valence-electron chi connectivity index (χ3n) is 2.70. The van der Waals surface area contributed by atoms with Crippen molar-refractivity contribution in [3.63, 3.8) is 0 Å². The largest absolute Gasteiger partial charge is 0.388 e. The van der Waals surface area contributed by atoms with Gasteiger partial charge >= 0.3 is 0 Å². The predicted molar refractivity (Wildman–Crippen MR) is 66.6 cm³/mol. The molecule has 0 aliphatic rings. The summed E-state index contributed by atoms with van der Waals surface area (Å²) in [6.07, 6.45) is 3.29. The van der Waals surface area contributed by atoms with Crippen molar-refractivity contribution in [3.8, 4) is 0 Å². The van der Waals surface area contributed by atoms with Crippen LogP contribution in [0.3, 0.4) is 0 Å². The van der Waals surface area contributed by atoms with E-state index in [4.69, 9.17) is 0 Å². The highest BCUT2D eigenvalue weighted by molar-refractivity contribution is 5.29. The fourth-order valence-electron chi connectivity index (χ4n) is 2.03. The molecule has 2 aromatic rings. The molecule has 2 rings (SSSR count). The Balaban J connectivity index is 2.16. The molecule has 0 aliphatic carbocycles. The maximum atomic E-state index is 10.1. The number of hydrogen-bond donors (Lipinski definition) is 1. The van der Waals surface area contributed by atoms with Crippen molar-refractivity contribution in [1.82, 2.24) is 10.2 Å². The van der Waals surface area contributed by atoms with Gasteiger partial charge in [0.15, 0.2) is 0 Å². The summed E-state index contributed by atoms with van der Waals surface area (Å²) >= 11 is 0. The van der Waals surface area contributed by atoms with E-state index >= 15 is 0 Å². The van der Waals surface area contributed by atoms with Crippen LogP contribution in [0.15, 0.2) is 36.7 Å². The number of hydrogen-bond acceptors (Lipinski definition) is 3. The van der Waals surface area contributed by atoms with Crippen LogP contribution in [0, 0.1) is 13.8 Å². The minimum Gasteiger partial charge on any atom is -0.388 e. The summed E-state index contributed by atoms with van der Waals surface area (Å²) < 4.78 is 0. The van der Waals surface area contributed by atoms with Gasteiger partial charge in [-0.25, -0.2) is 0 Å². The van der Waals surface area contributed by atoms with Crippen LogP contribution in [0.1, 0.15) is 28.4 Å². The van der Waals surface area contributed by atoms with Gasteiger partial charge in [0.1, 0.15) is 0 Å². The molecule has 17 heavy (non-hydrogen) atoms. The molecule has 1 N–H and O–H groups in total. The lowest BCUT2D eigenvalue weighted by molar-refractivity contribution is 0.178. The molecule has 0 bridgehead atoms. The first-order valence-electron chi connectivity index (χ1n) is 5.67. The zero-order chi connectivity index (χ0) is 12.3. The van der Waals surface area contributed by atoms with Gasteiger partial charge in [-0.2, -0.15) is 10.2 Å². The third kappa shape index (κ3) is 3.11. The molecular weight excluding hydrogens is 212 g/mol. The van der Waals surface area contributed by atoms with Crippen LogP contribution in [0.2, 0.25) is 0 Å². The number of aromatic nitrogens is 2. The quantitative estimate of drug-likeness (QED) is 0.877. The summed E-state index contributed by atoms with van der Waals surface area (Å²) in [4.78, 5) is 0. The van der Waals surface area contributed by atoms with Crippen LogP contribution in [0.4, 0.5) is 0 Å². The first-order chi connectivity index (χ1) is 8.15. The number of rotatable bonds is 3. The number of aliphatic hydroxyl groups excluding tert-OH is 1. The van der Waals surface area contributed by atoms with Crippen LogP contribution in [-0.4, -0.2) is 15.3 Å². The minimum absolute atomic E-state index is 0.522. The average molecular weight is 228 g/mol. The van der Waals surface area contributed by atoms with Crippen molar-refractivity contribution in [2.45, 2.75) is 26.4 Å². The van der Waals surface area contributed by atoms with E-state index in [1.165, 1.54) is 11.1 Å². The number of aryl methyl sites for hydroxylation is 2. The molecule has 88 valence electrons. The van der Waals surface area contributed by atoms with Crippen molar-refractivity contribution in [2.24, 2.45) is 0 Å². The fourth-order valence-corrected chi connectivity index (χ4v) is 2.03. The van der Waals surface area contributed by atoms with Crippen LogP contribution >= 0.6 is 0 Å². The second kappa shape index (κ2) is 5.06. The van der Waals surface area contributed by atoms with Crippen molar-refractivity contribution in [2.75, 3.05) is 0 Å². The van der Waals surface area contributed by atoms with Crippen molar-refractivity contribution >= 4 is 0 Å². The molecule has 0 saturated carbocycles. The van der Waals surface area contributed by atoms with Crippen LogP contribution < -0.4 is 0 Å². The molecule has 1 heterocycles. The summed E-state index contributed by atoms with van der Waals surface area (Å²) in [5.74, 6) is 0. The highest BCUT2D eigenvalue weighted by Crippen LogP contribution is 2.18. The van der Waals surface area contributed by atoms with E-state index in [1.54, 1.807) is 18.5 Å². The van der Waals surface area contributed by atoms with E-state index in [0.29, 0.717) is 6.42 Å². The van der Waals surface area contributed by atoms with Gasteiger partial charge in [-0.05, 0) is 25.5 Å². The monoisotopic (exact) mass is 228 g/mol. The molecule has 0 amide bonds. The number of aliphatic hydroxyl groups is 1. The normalized spacial score (nSPS) is 12.4. The smallest absolute Gasteiger partial charge is 0.0846 e. The summed E-state index contributed by atoms with van der Waals surface area (Å²) in [5.41, 5.74) is 4.39. The molecule has 1 aromatic carbocycles. The van der Waals surface area contributed by atoms with Gasteiger partial charge in [0, 0.05) is 18.2 Å². The summed E-state index contributed by atoms with van der Waals surface area (Å²) in [5, 5.41) is 17.6. The van der Waals surface area contributed by atoms with Crippen molar-refractivity contribution < 1.29 is 5.11 Å². The Morgan fingerprint density at radius 3 is 2.41 bits per heavy atom. The molecular formula is C14H16N2O. The topological polar surface area (TPSA) is 46.0 Å². The first kappa shape index (κ1) is 11.7. The van der Waals surface area contributed by atoms with E-state index in [-0.39, 0.29) is 0 Å². The van der Waals surface area contributed by atoms with E-state index < -0.39 is 6.10 Å². The lowest BCUT2D eigenvalue weighted by atomic mass is 10.00. The number of benzene rings is 1. The second-order valence-corrected chi connectivity index (χ2v) is 4.39. The van der Waals surface area contributed by atoms with Gasteiger partial charge in [-0.3, -0.25) is 0 Å². The molecule has 3 heteroatoms. The first-order valence-corrected chi connectivity index (χ1v) is 5.67. The van der Waals surface area contributed by atoms with Crippen molar-refractivity contribution in [1.29, 1.82) is 0 Å². The van der Waals surface area contributed by atoms with Gasteiger partial charge in [-0.1, -0.05) is 29.3 Å². The van der Waals surface area contributed by atoms with Crippen LogP contribution in [0.5, 0.6) is 0 Å². The lowest BCUT2D eigenvalue weighted by Gasteiger charge is -2.11. The SMILES string of the molecule is Cc1cc(C)cc(CC(O)c2ccnnc2)c1. The van der Waals surface area contributed by atoms with Gasteiger partial charge in [0.2, 0.25) is 0 Å². The van der Waals surface area contributed by atoms with Crippen molar-refractivity contribution in [3.05, 3.63) is 58.9 Å². The van der Waals surface area contributed by atoms with E-state index in [9.17, 15) is 5.11 Å². The van der Waals surface area contributed by atoms with E-state index in [1.807, 2.05) is 0 Å². The highest BCUT2D eigenvalue weighted by Gasteiger charge is 2.09. The molecule has 0 spiro atoms. The standard InChI is InChI=1S/C14H16N2O/c1-10-5-11(2)7-12(6-10)8-14(17)13-3-4-15-16-9-13/h3-7,9,14,17H,8H2,1-2H3. The second-order valence-electron chi connectivity index (χ2n) is 4.39.